The van der Waals surface area contributed by atoms with E-state index in [0.717, 1.165) is 19.3 Å². The number of Topliss-reactive ketones (excluding diaryl/α,β-unsaturated/α-hetero) is 1. The molecule has 1 aliphatic carbocycles. The van der Waals surface area contributed by atoms with Crippen molar-refractivity contribution in [1.29, 1.82) is 0 Å². The number of carbonyl (C=O) groups excluding carboxylic acids is 1. The van der Waals surface area contributed by atoms with E-state index in [9.17, 15) is 4.79 Å². The first-order chi connectivity index (χ1) is 6.19. The van der Waals surface area contributed by atoms with Gasteiger partial charge < -0.3 is 0 Å². The highest BCUT2D eigenvalue weighted by atomic mass is 16.1. The van der Waals surface area contributed by atoms with Gasteiger partial charge >= 0.3 is 0 Å². The predicted octanol–water partition coefficient (Wildman–Crippen LogP) is 2.98. The van der Waals surface area contributed by atoms with Crippen molar-refractivity contribution in [1.82, 2.24) is 0 Å². The van der Waals surface area contributed by atoms with Gasteiger partial charge in [-0.05, 0) is 38.0 Å². The minimum absolute atomic E-state index is 0.263. The number of hydrogen-bond donors (Lipinski definition) is 0. The normalized spacial score (nSPS) is 33.8. The summed E-state index contributed by atoms with van der Waals surface area (Å²) >= 11 is 0. The summed E-state index contributed by atoms with van der Waals surface area (Å²) in [6.45, 7) is 9.33. The zero-order chi connectivity index (χ0) is 9.84. The van der Waals surface area contributed by atoms with Crippen LogP contribution in [0.15, 0.2) is 25.3 Å². The third-order valence-electron chi connectivity index (χ3n) is 3.14. The summed E-state index contributed by atoms with van der Waals surface area (Å²) in [6, 6.07) is 0. The first-order valence-corrected chi connectivity index (χ1v) is 4.94. The second kappa shape index (κ2) is 4.40. The molecule has 3 unspecified atom stereocenters. The van der Waals surface area contributed by atoms with Gasteiger partial charge in [0.15, 0.2) is 0 Å². The molecule has 0 spiro atoms. The Bertz CT molecular complexity index is 217. The van der Waals surface area contributed by atoms with Crippen LogP contribution in [0.4, 0.5) is 0 Å². The molecular weight excluding hydrogens is 160 g/mol. The molecule has 72 valence electrons. The molecule has 3 atom stereocenters. The molecule has 1 fully saturated rings. The maximum atomic E-state index is 11.2. The Kier molecular flexibility index (Phi) is 3.47. The van der Waals surface area contributed by atoms with Gasteiger partial charge in [0.1, 0.15) is 5.78 Å². The molecule has 0 saturated heterocycles. The Hall–Kier alpha value is -0.850. The minimum atomic E-state index is 0.263. The first kappa shape index (κ1) is 10.2. The highest BCUT2D eigenvalue weighted by Gasteiger charge is 2.28. The fraction of sp³-hybridized carbons (Fsp3) is 0.583. The monoisotopic (exact) mass is 178 g/mol. The van der Waals surface area contributed by atoms with Gasteiger partial charge in [-0.3, -0.25) is 4.79 Å². The molecule has 1 saturated carbocycles. The van der Waals surface area contributed by atoms with E-state index in [4.69, 9.17) is 0 Å². The number of allylic oxidation sites excluding steroid dienone is 2. The number of ketones is 1. The van der Waals surface area contributed by atoms with Crippen molar-refractivity contribution in [3.63, 3.8) is 0 Å². The Morgan fingerprint density at radius 1 is 1.23 bits per heavy atom. The molecule has 1 rings (SSSR count). The van der Waals surface area contributed by atoms with Crippen LogP contribution in [0, 0.1) is 17.8 Å². The molecule has 0 aromatic carbocycles. The van der Waals surface area contributed by atoms with Crippen molar-refractivity contribution in [2.24, 2.45) is 17.8 Å². The van der Waals surface area contributed by atoms with Crippen molar-refractivity contribution < 1.29 is 4.79 Å². The van der Waals surface area contributed by atoms with Crippen molar-refractivity contribution >= 4 is 5.78 Å². The van der Waals surface area contributed by atoms with Crippen LogP contribution >= 0.6 is 0 Å². The molecule has 1 nitrogen and oxygen atoms in total. The van der Waals surface area contributed by atoms with E-state index >= 15 is 0 Å². The number of hydrogen-bond acceptors (Lipinski definition) is 1. The molecule has 0 aromatic heterocycles. The summed E-state index contributed by atoms with van der Waals surface area (Å²) in [5, 5.41) is 0. The van der Waals surface area contributed by atoms with E-state index in [1.165, 1.54) is 0 Å². The molecule has 0 bridgehead atoms. The summed E-state index contributed by atoms with van der Waals surface area (Å²) in [5.74, 6) is 1.59. The molecule has 1 heteroatoms. The maximum Gasteiger partial charge on any atom is 0.132 e. The van der Waals surface area contributed by atoms with Crippen molar-refractivity contribution in [2.75, 3.05) is 0 Å². The van der Waals surface area contributed by atoms with Gasteiger partial charge in [-0.1, -0.05) is 12.2 Å². The van der Waals surface area contributed by atoms with Crippen LogP contribution < -0.4 is 0 Å². The Morgan fingerprint density at radius 2 is 1.85 bits per heavy atom. The quantitative estimate of drug-likeness (QED) is 0.607. The number of rotatable bonds is 3. The second-order valence-corrected chi connectivity index (χ2v) is 3.92. The molecule has 0 aliphatic heterocycles. The van der Waals surface area contributed by atoms with Crippen molar-refractivity contribution in [3.8, 4) is 0 Å². The summed E-state index contributed by atoms with van der Waals surface area (Å²) < 4.78 is 0. The van der Waals surface area contributed by atoms with E-state index in [1.807, 2.05) is 12.2 Å². The zero-order valence-corrected chi connectivity index (χ0v) is 8.33. The van der Waals surface area contributed by atoms with Crippen LogP contribution in [0.5, 0.6) is 0 Å². The lowest BCUT2D eigenvalue weighted by Gasteiger charge is -2.31. The first-order valence-electron chi connectivity index (χ1n) is 4.94. The highest BCUT2D eigenvalue weighted by Crippen LogP contribution is 2.35. The zero-order valence-electron chi connectivity index (χ0n) is 8.33. The van der Waals surface area contributed by atoms with Gasteiger partial charge in [0.05, 0.1) is 0 Å². The van der Waals surface area contributed by atoms with Crippen LogP contribution in [-0.2, 0) is 4.79 Å². The highest BCUT2D eigenvalue weighted by molar-refractivity contribution is 5.78. The van der Waals surface area contributed by atoms with Gasteiger partial charge in [-0.25, -0.2) is 0 Å². The van der Waals surface area contributed by atoms with Gasteiger partial charge in [0.2, 0.25) is 0 Å². The Labute approximate surface area is 80.5 Å². The molecule has 0 amide bonds. The standard InChI is InChI=1S/C12H18O/c1-4-10-6-7-12(9(3)13)8-11(10)5-2/h4-5,10-12H,1-2,6-8H2,3H3. The SMILES string of the molecule is C=CC1CCC(C(C)=O)CC1C=C. The Balaban J connectivity index is 2.62. The second-order valence-electron chi connectivity index (χ2n) is 3.92. The smallest absolute Gasteiger partial charge is 0.132 e. The lowest BCUT2D eigenvalue weighted by atomic mass is 9.73. The lowest BCUT2D eigenvalue weighted by molar-refractivity contribution is -0.122. The predicted molar refractivity (Wildman–Crippen MR) is 55.4 cm³/mol. The van der Waals surface area contributed by atoms with Gasteiger partial charge in [-0.2, -0.15) is 0 Å². The van der Waals surface area contributed by atoms with Gasteiger partial charge in [0.25, 0.3) is 0 Å². The van der Waals surface area contributed by atoms with Crippen LogP contribution in [0.1, 0.15) is 26.2 Å². The molecule has 1 aliphatic rings. The third kappa shape index (κ3) is 2.30. The average Bonchev–Trinajstić information content (AvgIpc) is 2.16. The van der Waals surface area contributed by atoms with Crippen molar-refractivity contribution in [3.05, 3.63) is 25.3 Å². The topological polar surface area (TPSA) is 17.1 Å². The van der Waals surface area contributed by atoms with E-state index < -0.39 is 0 Å². The molecule has 13 heavy (non-hydrogen) atoms. The van der Waals surface area contributed by atoms with Crippen LogP contribution in [0.2, 0.25) is 0 Å². The van der Waals surface area contributed by atoms with E-state index in [2.05, 4.69) is 13.2 Å². The summed E-state index contributed by atoms with van der Waals surface area (Å²) in [5.41, 5.74) is 0. The summed E-state index contributed by atoms with van der Waals surface area (Å²) in [7, 11) is 0. The minimum Gasteiger partial charge on any atom is -0.300 e. The fourth-order valence-corrected chi connectivity index (χ4v) is 2.16. The van der Waals surface area contributed by atoms with E-state index in [0.29, 0.717) is 17.6 Å². The molecular formula is C12H18O. The van der Waals surface area contributed by atoms with Gasteiger partial charge in [0, 0.05) is 5.92 Å². The number of carbonyl (C=O) groups is 1. The summed E-state index contributed by atoms with van der Waals surface area (Å²) in [6.07, 6.45) is 7.06. The van der Waals surface area contributed by atoms with E-state index in [1.54, 1.807) is 6.92 Å². The fourth-order valence-electron chi connectivity index (χ4n) is 2.16. The third-order valence-corrected chi connectivity index (χ3v) is 3.14. The summed E-state index contributed by atoms with van der Waals surface area (Å²) in [4.78, 5) is 11.2. The van der Waals surface area contributed by atoms with E-state index in [-0.39, 0.29) is 5.92 Å². The van der Waals surface area contributed by atoms with Crippen LogP contribution in [0.25, 0.3) is 0 Å². The maximum absolute atomic E-state index is 11.2. The molecule has 0 N–H and O–H groups in total. The largest absolute Gasteiger partial charge is 0.300 e. The van der Waals surface area contributed by atoms with Crippen LogP contribution in [-0.4, -0.2) is 5.78 Å². The lowest BCUT2D eigenvalue weighted by Crippen LogP contribution is -2.25. The Morgan fingerprint density at radius 3 is 2.31 bits per heavy atom. The molecule has 0 aromatic rings. The molecule has 0 radical (unpaired) electrons. The van der Waals surface area contributed by atoms with Crippen molar-refractivity contribution in [2.45, 2.75) is 26.2 Å². The van der Waals surface area contributed by atoms with Crippen LogP contribution in [0.3, 0.4) is 0 Å². The molecule has 0 heterocycles. The average molecular weight is 178 g/mol. The van der Waals surface area contributed by atoms with Gasteiger partial charge in [-0.15, -0.1) is 13.2 Å².